The van der Waals surface area contributed by atoms with Crippen LogP contribution >= 0.6 is 15.4 Å². The van der Waals surface area contributed by atoms with E-state index in [1.54, 1.807) is 0 Å². The lowest BCUT2D eigenvalue weighted by atomic mass is 9.93. The molecule has 1 aliphatic carbocycles. The Morgan fingerprint density at radius 3 is 1.90 bits per heavy atom. The second-order valence-corrected chi connectivity index (χ2v) is 11.5. The number of aliphatic hydroxyl groups is 2. The molecule has 0 saturated heterocycles. The molecule has 226 valence electrons. The maximum atomic E-state index is 12.0. The molecule has 39 heavy (non-hydrogen) atoms. The number of carbonyl (C=O) groups is 4. The van der Waals surface area contributed by atoms with Gasteiger partial charge in [0.1, 0.15) is 6.61 Å². The number of esters is 1. The van der Waals surface area contributed by atoms with Crippen molar-refractivity contribution in [3.8, 4) is 0 Å². The number of hydrogen-bond acceptors (Lipinski definition) is 12. The third-order valence-electron chi connectivity index (χ3n) is 5.04. The summed E-state index contributed by atoms with van der Waals surface area (Å²) in [4.78, 5) is 73.8. The van der Waals surface area contributed by atoms with E-state index >= 15 is 0 Å². The molecule has 0 aromatic heterocycles. The van der Waals surface area contributed by atoms with Crippen LogP contribution < -0.4 is 16.0 Å². The van der Waals surface area contributed by atoms with Crippen molar-refractivity contribution in [3.63, 3.8) is 0 Å². The molecule has 1 saturated carbocycles. The molecule has 3 amide bonds. The molecule has 0 spiro atoms. The van der Waals surface area contributed by atoms with E-state index in [0.29, 0.717) is 25.7 Å². The minimum Gasteiger partial charge on any atom is -0.457 e. The molecular weight excluding hydrogens is 572 g/mol. The largest absolute Gasteiger partial charge is 0.469 e. The van der Waals surface area contributed by atoms with Gasteiger partial charge in [0.25, 0.3) is 11.8 Å². The Labute approximate surface area is 223 Å². The number of rotatable bonds is 16. The average Bonchev–Trinajstić information content (AvgIpc) is 2.84. The fraction of sp³-hybridized carbons (Fsp3) is 0.789. The van der Waals surface area contributed by atoms with Gasteiger partial charge in [0.2, 0.25) is 0 Å². The predicted octanol–water partition coefficient (Wildman–Crippen LogP) is -3.13. The van der Waals surface area contributed by atoms with Gasteiger partial charge in [0, 0.05) is 19.3 Å². The standard InChI is InChI=1S/C19H35N3O15P2/c1-38(29,30)37-13-4-2-12(3-5-13)22-18(27)19(28)35-9-7-21-17(26)15(24)14(23)16(25)20-6-8-34-10-11-36-39(31,32)33/h12-15,23-24H,2-11H2,1H3,(H,20,25)(H,21,26)(H,22,27)(H,29,30)(H2,31,32,33)/t12?,13?,14-,15-/m1/s1. The first-order valence-corrected chi connectivity index (χ1v) is 15.3. The number of phosphoric ester groups is 1. The molecule has 18 nitrogen and oxygen atoms in total. The van der Waals surface area contributed by atoms with Gasteiger partial charge in [-0.05, 0) is 25.7 Å². The smallest absolute Gasteiger partial charge is 0.457 e. The minimum atomic E-state index is -4.61. The molecule has 0 heterocycles. The lowest BCUT2D eigenvalue weighted by Crippen LogP contribution is -2.50. The van der Waals surface area contributed by atoms with Crippen LogP contribution in [0.2, 0.25) is 0 Å². The van der Waals surface area contributed by atoms with Crippen molar-refractivity contribution in [1.82, 2.24) is 16.0 Å². The molecule has 20 heteroatoms. The SMILES string of the molecule is CP(=O)(O)OC1CCC(NC(=O)C(=O)OCCNC(=O)[C@H](O)[C@@H](O)C(=O)NCCOCCOP(=O)(O)O)CC1. The summed E-state index contributed by atoms with van der Waals surface area (Å²) < 4.78 is 40.6. The number of hydrogen-bond donors (Lipinski definition) is 8. The molecule has 1 rings (SSSR count). The van der Waals surface area contributed by atoms with E-state index in [0.717, 1.165) is 6.66 Å². The first-order valence-electron chi connectivity index (χ1n) is 11.7. The van der Waals surface area contributed by atoms with Gasteiger partial charge in [-0.15, -0.1) is 0 Å². The Kier molecular flexibility index (Phi) is 15.3. The van der Waals surface area contributed by atoms with Crippen LogP contribution in [0.3, 0.4) is 0 Å². The number of aliphatic hydroxyl groups excluding tert-OH is 2. The van der Waals surface area contributed by atoms with Crippen molar-refractivity contribution in [2.24, 2.45) is 0 Å². The van der Waals surface area contributed by atoms with Gasteiger partial charge in [-0.25, -0.2) is 9.36 Å². The van der Waals surface area contributed by atoms with Gasteiger partial charge in [0.15, 0.2) is 12.2 Å². The van der Waals surface area contributed by atoms with E-state index in [4.69, 9.17) is 23.8 Å². The van der Waals surface area contributed by atoms with Crippen LogP contribution in [0, 0.1) is 0 Å². The molecule has 0 aliphatic heterocycles. The Morgan fingerprint density at radius 1 is 0.846 bits per heavy atom. The molecule has 3 atom stereocenters. The maximum Gasteiger partial charge on any atom is 0.469 e. The summed E-state index contributed by atoms with van der Waals surface area (Å²) in [6.45, 7) is -0.559. The second kappa shape index (κ2) is 17.0. The predicted molar refractivity (Wildman–Crippen MR) is 129 cm³/mol. The summed E-state index contributed by atoms with van der Waals surface area (Å²) in [6, 6.07) is -0.351. The van der Waals surface area contributed by atoms with Crippen LogP contribution in [0.15, 0.2) is 0 Å². The molecule has 1 fully saturated rings. The third kappa shape index (κ3) is 16.0. The molecule has 1 aliphatic rings. The Balaban J connectivity index is 2.20. The molecular formula is C19H35N3O15P2. The van der Waals surface area contributed by atoms with E-state index in [2.05, 4.69) is 20.5 Å². The van der Waals surface area contributed by atoms with Gasteiger partial charge in [-0.1, -0.05) is 0 Å². The molecule has 1 unspecified atom stereocenters. The topological polar surface area (TPSA) is 277 Å². The van der Waals surface area contributed by atoms with Crippen LogP contribution in [0.1, 0.15) is 25.7 Å². The van der Waals surface area contributed by atoms with E-state index in [-0.39, 0.29) is 32.3 Å². The number of nitrogens with one attached hydrogen (secondary N) is 3. The summed E-state index contributed by atoms with van der Waals surface area (Å²) in [6.07, 6.45) is -3.03. The molecule has 8 N–H and O–H groups in total. The Bertz CT molecular complexity index is 916. The van der Waals surface area contributed by atoms with E-state index in [9.17, 15) is 43.4 Å². The highest BCUT2D eigenvalue weighted by molar-refractivity contribution is 7.51. The summed E-state index contributed by atoms with van der Waals surface area (Å²) in [5, 5.41) is 26.4. The maximum absolute atomic E-state index is 12.0. The normalized spacial score (nSPS) is 20.7. The number of amides is 3. The van der Waals surface area contributed by atoms with Crippen molar-refractivity contribution in [1.29, 1.82) is 0 Å². The van der Waals surface area contributed by atoms with Crippen LogP contribution in [-0.4, -0.2) is 119 Å². The summed E-state index contributed by atoms with van der Waals surface area (Å²) in [7, 11) is -8.23. The fourth-order valence-electron chi connectivity index (χ4n) is 3.28. The van der Waals surface area contributed by atoms with E-state index in [1.807, 2.05) is 0 Å². The quantitative estimate of drug-likeness (QED) is 0.0373. The lowest BCUT2D eigenvalue weighted by molar-refractivity contribution is -0.155. The monoisotopic (exact) mass is 607 g/mol. The summed E-state index contributed by atoms with van der Waals surface area (Å²) in [5.74, 6) is -4.48. The van der Waals surface area contributed by atoms with Crippen molar-refractivity contribution in [2.45, 2.75) is 50.0 Å². The zero-order chi connectivity index (χ0) is 29.6. The van der Waals surface area contributed by atoms with Gasteiger partial charge >= 0.3 is 27.3 Å². The van der Waals surface area contributed by atoms with Crippen molar-refractivity contribution >= 4 is 39.1 Å². The highest BCUT2D eigenvalue weighted by atomic mass is 31.2. The van der Waals surface area contributed by atoms with Crippen LogP contribution in [0.5, 0.6) is 0 Å². The number of phosphoric acid groups is 1. The van der Waals surface area contributed by atoms with Crippen molar-refractivity contribution in [3.05, 3.63) is 0 Å². The molecule has 0 aromatic rings. The van der Waals surface area contributed by atoms with Gasteiger partial charge in [0.05, 0.1) is 32.5 Å². The van der Waals surface area contributed by atoms with Gasteiger partial charge in [-0.2, -0.15) is 0 Å². The third-order valence-corrected chi connectivity index (χ3v) is 6.25. The first-order chi connectivity index (χ1) is 18.1. The Hall–Kier alpha value is -1.98. The molecule has 0 radical (unpaired) electrons. The van der Waals surface area contributed by atoms with E-state index in [1.165, 1.54) is 0 Å². The number of carbonyl (C=O) groups excluding carboxylic acids is 4. The van der Waals surface area contributed by atoms with Crippen LogP contribution in [-0.2, 0) is 46.8 Å². The van der Waals surface area contributed by atoms with Gasteiger partial charge in [-0.3, -0.25) is 23.5 Å². The highest BCUT2D eigenvalue weighted by Crippen LogP contribution is 2.41. The highest BCUT2D eigenvalue weighted by Gasteiger charge is 2.31. The van der Waals surface area contributed by atoms with Crippen molar-refractivity contribution < 1.29 is 71.7 Å². The first kappa shape index (κ1) is 35.0. The Morgan fingerprint density at radius 2 is 1.38 bits per heavy atom. The summed E-state index contributed by atoms with van der Waals surface area (Å²) >= 11 is 0. The summed E-state index contributed by atoms with van der Waals surface area (Å²) in [5.41, 5.74) is 0. The van der Waals surface area contributed by atoms with Crippen molar-refractivity contribution in [2.75, 3.05) is 46.2 Å². The molecule has 0 bridgehead atoms. The van der Waals surface area contributed by atoms with E-state index < -0.39 is 70.6 Å². The zero-order valence-electron chi connectivity index (χ0n) is 21.1. The average molecular weight is 607 g/mol. The second-order valence-electron chi connectivity index (χ2n) is 8.40. The van der Waals surface area contributed by atoms with Crippen LogP contribution in [0.4, 0.5) is 0 Å². The van der Waals surface area contributed by atoms with Crippen LogP contribution in [0.25, 0.3) is 0 Å². The fourth-order valence-corrected chi connectivity index (χ4v) is 4.35. The van der Waals surface area contributed by atoms with Gasteiger partial charge < -0.3 is 54.8 Å². The zero-order valence-corrected chi connectivity index (χ0v) is 22.9. The molecule has 0 aromatic carbocycles. The minimum absolute atomic E-state index is 0.119. The number of ether oxygens (including phenoxy) is 2. The lowest BCUT2D eigenvalue weighted by Gasteiger charge is -2.29.